The van der Waals surface area contributed by atoms with Crippen molar-refractivity contribution in [1.29, 1.82) is 0 Å². The maximum atomic E-state index is 12.4. The maximum Gasteiger partial charge on any atom is 0.270 e. The number of carbonyl (C=O) groups is 1. The highest BCUT2D eigenvalue weighted by Crippen LogP contribution is 2.22. The van der Waals surface area contributed by atoms with Crippen molar-refractivity contribution >= 4 is 17.3 Å². The predicted molar refractivity (Wildman–Crippen MR) is 86.7 cm³/mol. The van der Waals surface area contributed by atoms with Crippen LogP contribution in [0.15, 0.2) is 85.2 Å². The van der Waals surface area contributed by atoms with Crippen molar-refractivity contribution in [1.82, 2.24) is 10.4 Å². The Kier molecular flexibility index (Phi) is 4.11. The van der Waals surface area contributed by atoms with E-state index in [4.69, 9.17) is 0 Å². The maximum absolute atomic E-state index is 12.4. The lowest BCUT2D eigenvalue weighted by molar-refractivity contribution is 0.0953. The van der Waals surface area contributed by atoms with E-state index in [1.165, 1.54) is 0 Å². The highest BCUT2D eigenvalue weighted by Gasteiger charge is 2.13. The average molecular weight is 289 g/mol. The fourth-order valence-corrected chi connectivity index (χ4v) is 2.10. The van der Waals surface area contributed by atoms with Crippen molar-refractivity contribution in [2.75, 3.05) is 5.01 Å². The summed E-state index contributed by atoms with van der Waals surface area (Å²) in [6.07, 6.45) is 3.20. The highest BCUT2D eigenvalue weighted by atomic mass is 16.2. The largest absolute Gasteiger partial charge is 0.270 e. The zero-order valence-corrected chi connectivity index (χ0v) is 11.9. The van der Waals surface area contributed by atoms with Crippen LogP contribution in [0.25, 0.3) is 0 Å². The van der Waals surface area contributed by atoms with Gasteiger partial charge in [0.1, 0.15) is 0 Å². The van der Waals surface area contributed by atoms with Gasteiger partial charge in [0.25, 0.3) is 5.91 Å². The molecule has 0 atom stereocenters. The van der Waals surface area contributed by atoms with Gasteiger partial charge in [0.15, 0.2) is 0 Å². The Labute approximate surface area is 129 Å². The van der Waals surface area contributed by atoms with Gasteiger partial charge in [-0.2, -0.15) is 0 Å². The van der Waals surface area contributed by atoms with Gasteiger partial charge in [0, 0.05) is 18.0 Å². The van der Waals surface area contributed by atoms with Gasteiger partial charge >= 0.3 is 0 Å². The number of pyridine rings is 1. The summed E-state index contributed by atoms with van der Waals surface area (Å²) in [6, 6.07) is 22.8. The van der Waals surface area contributed by atoms with Crippen LogP contribution in [0.2, 0.25) is 0 Å². The Morgan fingerprint density at radius 3 is 1.77 bits per heavy atom. The Morgan fingerprint density at radius 1 is 0.773 bits per heavy atom. The second-order valence-electron chi connectivity index (χ2n) is 4.68. The topological polar surface area (TPSA) is 45.2 Å². The lowest BCUT2D eigenvalue weighted by Gasteiger charge is -2.25. The number of hydrogen-bond acceptors (Lipinski definition) is 3. The van der Waals surface area contributed by atoms with E-state index in [-0.39, 0.29) is 5.91 Å². The van der Waals surface area contributed by atoms with Crippen LogP contribution >= 0.6 is 0 Å². The van der Waals surface area contributed by atoms with Crippen molar-refractivity contribution < 1.29 is 4.79 Å². The average Bonchev–Trinajstić information content (AvgIpc) is 2.62. The van der Waals surface area contributed by atoms with Gasteiger partial charge in [-0.3, -0.25) is 20.2 Å². The molecule has 0 bridgehead atoms. The summed E-state index contributed by atoms with van der Waals surface area (Å²) in [5, 5.41) is 1.77. The minimum atomic E-state index is -0.185. The number of anilines is 2. The molecule has 1 N–H and O–H groups in total. The summed E-state index contributed by atoms with van der Waals surface area (Å²) in [7, 11) is 0. The van der Waals surface area contributed by atoms with Crippen molar-refractivity contribution in [3.63, 3.8) is 0 Å². The zero-order valence-electron chi connectivity index (χ0n) is 11.9. The molecular weight excluding hydrogens is 274 g/mol. The molecule has 0 fully saturated rings. The highest BCUT2D eigenvalue weighted by molar-refractivity contribution is 5.95. The molecule has 3 aromatic rings. The van der Waals surface area contributed by atoms with Crippen LogP contribution in [0, 0.1) is 0 Å². The molecule has 2 aromatic carbocycles. The van der Waals surface area contributed by atoms with E-state index in [9.17, 15) is 4.79 Å². The first-order valence-electron chi connectivity index (χ1n) is 6.96. The van der Waals surface area contributed by atoms with E-state index in [0.29, 0.717) is 5.56 Å². The lowest BCUT2D eigenvalue weighted by atomic mass is 10.2. The number of amides is 1. The van der Waals surface area contributed by atoms with E-state index >= 15 is 0 Å². The Balaban J connectivity index is 1.91. The Morgan fingerprint density at radius 2 is 1.27 bits per heavy atom. The van der Waals surface area contributed by atoms with E-state index < -0.39 is 0 Å². The third-order valence-electron chi connectivity index (χ3n) is 3.18. The molecule has 108 valence electrons. The van der Waals surface area contributed by atoms with Gasteiger partial charge in [-0.05, 0) is 36.4 Å². The molecule has 22 heavy (non-hydrogen) atoms. The van der Waals surface area contributed by atoms with Crippen molar-refractivity contribution in [3.8, 4) is 0 Å². The van der Waals surface area contributed by atoms with Crippen molar-refractivity contribution in [3.05, 3.63) is 90.8 Å². The van der Waals surface area contributed by atoms with E-state index in [0.717, 1.165) is 11.4 Å². The number of nitrogens with zero attached hydrogens (tertiary/aromatic N) is 2. The number of hydrogen-bond donors (Lipinski definition) is 1. The van der Waals surface area contributed by atoms with Crippen LogP contribution in [0.1, 0.15) is 10.4 Å². The van der Waals surface area contributed by atoms with Crippen molar-refractivity contribution in [2.24, 2.45) is 0 Å². The molecule has 4 nitrogen and oxygen atoms in total. The molecular formula is C18H15N3O. The fraction of sp³-hybridized carbons (Fsp3) is 0. The number of rotatable bonds is 4. The fourth-order valence-electron chi connectivity index (χ4n) is 2.10. The summed E-state index contributed by atoms with van der Waals surface area (Å²) in [5.41, 5.74) is 5.26. The molecule has 1 aromatic heterocycles. The number of carbonyl (C=O) groups excluding carboxylic acids is 1. The summed E-state index contributed by atoms with van der Waals surface area (Å²) in [6.45, 7) is 0. The third-order valence-corrected chi connectivity index (χ3v) is 3.18. The van der Waals surface area contributed by atoms with Gasteiger partial charge < -0.3 is 0 Å². The van der Waals surface area contributed by atoms with Gasteiger partial charge in [-0.15, -0.1) is 0 Å². The molecule has 0 aliphatic heterocycles. The minimum Gasteiger partial charge on any atom is -0.267 e. The first-order valence-corrected chi connectivity index (χ1v) is 6.96. The van der Waals surface area contributed by atoms with Crippen LogP contribution < -0.4 is 10.4 Å². The van der Waals surface area contributed by atoms with Gasteiger partial charge in [0.05, 0.1) is 11.4 Å². The monoisotopic (exact) mass is 289 g/mol. The second kappa shape index (κ2) is 6.54. The second-order valence-corrected chi connectivity index (χ2v) is 4.68. The third kappa shape index (κ3) is 3.12. The predicted octanol–water partition coefficient (Wildman–Crippen LogP) is 3.56. The molecule has 0 spiro atoms. The number of benzene rings is 2. The number of aromatic nitrogens is 1. The van der Waals surface area contributed by atoms with Crippen LogP contribution in [-0.4, -0.2) is 10.9 Å². The van der Waals surface area contributed by atoms with Gasteiger partial charge in [0.2, 0.25) is 0 Å². The van der Waals surface area contributed by atoms with Gasteiger partial charge in [-0.25, -0.2) is 0 Å². The molecule has 0 radical (unpaired) electrons. The minimum absolute atomic E-state index is 0.185. The number of nitrogens with one attached hydrogen (secondary N) is 1. The molecule has 1 amide bonds. The summed E-state index contributed by atoms with van der Waals surface area (Å²) < 4.78 is 0. The van der Waals surface area contributed by atoms with E-state index in [2.05, 4.69) is 10.4 Å². The Hall–Kier alpha value is -3.14. The molecule has 3 rings (SSSR count). The number of para-hydroxylation sites is 2. The quantitative estimate of drug-likeness (QED) is 0.747. The molecule has 0 aliphatic carbocycles. The first-order chi connectivity index (χ1) is 10.8. The zero-order chi connectivity index (χ0) is 15.2. The first kappa shape index (κ1) is 13.8. The smallest absolute Gasteiger partial charge is 0.267 e. The lowest BCUT2D eigenvalue weighted by Crippen LogP contribution is -2.38. The molecule has 1 heterocycles. The van der Waals surface area contributed by atoms with Crippen LogP contribution in [0.3, 0.4) is 0 Å². The summed E-state index contributed by atoms with van der Waals surface area (Å²) >= 11 is 0. The van der Waals surface area contributed by atoms with Crippen molar-refractivity contribution in [2.45, 2.75) is 0 Å². The van der Waals surface area contributed by atoms with Crippen LogP contribution in [0.5, 0.6) is 0 Å². The van der Waals surface area contributed by atoms with E-state index in [1.807, 2.05) is 60.7 Å². The van der Waals surface area contributed by atoms with Crippen LogP contribution in [-0.2, 0) is 0 Å². The Bertz CT molecular complexity index is 691. The summed E-state index contributed by atoms with van der Waals surface area (Å²) in [4.78, 5) is 16.4. The molecule has 0 aliphatic rings. The molecule has 4 heteroatoms. The standard InChI is InChI=1S/C18H15N3O/c22-18(15-11-13-19-14-12-15)20-21(16-7-3-1-4-8-16)17-9-5-2-6-10-17/h1-14H,(H,20,22). The van der Waals surface area contributed by atoms with E-state index in [1.54, 1.807) is 29.5 Å². The SMILES string of the molecule is O=C(NN(c1ccccc1)c1ccccc1)c1ccncc1. The molecule has 0 unspecified atom stereocenters. The molecule has 0 saturated carbocycles. The number of hydrazine groups is 1. The van der Waals surface area contributed by atoms with Gasteiger partial charge in [-0.1, -0.05) is 36.4 Å². The normalized spacial score (nSPS) is 10.0. The summed E-state index contributed by atoms with van der Waals surface area (Å²) in [5.74, 6) is -0.185. The van der Waals surface area contributed by atoms with Crippen LogP contribution in [0.4, 0.5) is 11.4 Å². The molecule has 0 saturated heterocycles.